The van der Waals surface area contributed by atoms with Crippen LogP contribution in [0.5, 0.6) is 0 Å². The Bertz CT molecular complexity index is 934. The van der Waals surface area contributed by atoms with Crippen molar-refractivity contribution in [3.63, 3.8) is 0 Å². The maximum absolute atomic E-state index is 13.1. The minimum Gasteiger partial charge on any atom is -0.478 e. The highest BCUT2D eigenvalue weighted by atomic mass is 32.2. The van der Waals surface area contributed by atoms with E-state index in [9.17, 15) is 18.3 Å². The van der Waals surface area contributed by atoms with Crippen LogP contribution in [-0.2, 0) is 16.6 Å². The molecule has 2 aromatic carbocycles. The first-order chi connectivity index (χ1) is 13.3. The van der Waals surface area contributed by atoms with Crippen molar-refractivity contribution >= 4 is 21.7 Å². The molecule has 150 valence electrons. The van der Waals surface area contributed by atoms with E-state index in [1.165, 1.54) is 22.5 Å². The van der Waals surface area contributed by atoms with Gasteiger partial charge in [-0.3, -0.25) is 0 Å². The van der Waals surface area contributed by atoms with E-state index < -0.39 is 16.0 Å². The van der Waals surface area contributed by atoms with Crippen molar-refractivity contribution in [3.8, 4) is 0 Å². The quantitative estimate of drug-likeness (QED) is 0.770. The zero-order valence-electron chi connectivity index (χ0n) is 16.1. The highest BCUT2D eigenvalue weighted by Crippen LogP contribution is 2.29. The highest BCUT2D eigenvalue weighted by Gasteiger charge is 2.32. The van der Waals surface area contributed by atoms with Gasteiger partial charge in [-0.05, 0) is 42.0 Å². The van der Waals surface area contributed by atoms with Crippen LogP contribution in [0, 0.1) is 11.8 Å². The predicted molar refractivity (Wildman–Crippen MR) is 109 cm³/mol. The Labute approximate surface area is 166 Å². The lowest BCUT2D eigenvalue weighted by molar-refractivity contribution is 0.0697. The van der Waals surface area contributed by atoms with Crippen LogP contribution in [0.25, 0.3) is 0 Å². The van der Waals surface area contributed by atoms with Crippen molar-refractivity contribution in [2.75, 3.05) is 18.4 Å². The molecule has 2 atom stereocenters. The molecule has 6 nitrogen and oxygen atoms in total. The molecule has 0 saturated carbocycles. The van der Waals surface area contributed by atoms with Crippen LogP contribution >= 0.6 is 0 Å². The Kier molecular flexibility index (Phi) is 6.05. The van der Waals surface area contributed by atoms with Gasteiger partial charge in [-0.15, -0.1) is 0 Å². The third-order valence-electron chi connectivity index (χ3n) is 5.02. The SMILES string of the molecule is CC1CC(C)CN(S(=O)(=O)c2ccc(NCc3ccccc3)c(C(=O)O)c2)C1. The second-order valence-corrected chi connectivity index (χ2v) is 9.56. The Morgan fingerprint density at radius 3 is 2.36 bits per heavy atom. The van der Waals surface area contributed by atoms with Crippen LogP contribution in [0.2, 0.25) is 0 Å². The maximum atomic E-state index is 13.1. The van der Waals surface area contributed by atoms with Crippen LogP contribution in [0.3, 0.4) is 0 Å². The van der Waals surface area contributed by atoms with Crippen LogP contribution < -0.4 is 5.32 Å². The fourth-order valence-electron chi connectivity index (χ4n) is 3.76. The average molecular weight is 403 g/mol. The number of nitrogens with one attached hydrogen (secondary N) is 1. The summed E-state index contributed by atoms with van der Waals surface area (Å²) in [5.41, 5.74) is 1.36. The van der Waals surface area contributed by atoms with Gasteiger partial charge in [0.15, 0.2) is 0 Å². The predicted octanol–water partition coefficient (Wildman–Crippen LogP) is 3.66. The Morgan fingerprint density at radius 2 is 1.75 bits per heavy atom. The topological polar surface area (TPSA) is 86.7 Å². The minimum atomic E-state index is -3.73. The zero-order chi connectivity index (χ0) is 20.3. The average Bonchev–Trinajstić information content (AvgIpc) is 2.66. The summed E-state index contributed by atoms with van der Waals surface area (Å²) in [6.07, 6.45) is 0.995. The lowest BCUT2D eigenvalue weighted by Gasteiger charge is -2.34. The number of sulfonamides is 1. The molecule has 2 N–H and O–H groups in total. The molecule has 0 radical (unpaired) electrons. The summed E-state index contributed by atoms with van der Waals surface area (Å²) in [6, 6.07) is 13.9. The molecule has 0 amide bonds. The largest absolute Gasteiger partial charge is 0.478 e. The molecule has 1 fully saturated rings. The Morgan fingerprint density at radius 1 is 1.11 bits per heavy atom. The molecule has 1 heterocycles. The number of carbonyl (C=O) groups is 1. The number of carboxylic acid groups (broad SMARTS) is 1. The molecule has 7 heteroatoms. The van der Waals surface area contributed by atoms with Gasteiger partial charge in [-0.25, -0.2) is 13.2 Å². The van der Waals surface area contributed by atoms with Crippen molar-refractivity contribution in [3.05, 3.63) is 59.7 Å². The van der Waals surface area contributed by atoms with E-state index in [1.54, 1.807) is 0 Å². The Balaban J connectivity index is 1.86. The number of piperidine rings is 1. The summed E-state index contributed by atoms with van der Waals surface area (Å²) < 4.78 is 27.6. The number of hydrogen-bond donors (Lipinski definition) is 2. The fourth-order valence-corrected chi connectivity index (χ4v) is 5.47. The van der Waals surface area contributed by atoms with E-state index >= 15 is 0 Å². The number of hydrogen-bond acceptors (Lipinski definition) is 4. The number of carboxylic acids is 1. The van der Waals surface area contributed by atoms with Crippen molar-refractivity contribution in [1.82, 2.24) is 4.31 Å². The first-order valence-electron chi connectivity index (χ1n) is 9.42. The molecule has 0 bridgehead atoms. The molecule has 28 heavy (non-hydrogen) atoms. The van der Waals surface area contributed by atoms with E-state index in [0.29, 0.717) is 25.3 Å². The monoisotopic (exact) mass is 402 g/mol. The smallest absolute Gasteiger partial charge is 0.337 e. The van der Waals surface area contributed by atoms with Gasteiger partial charge in [0.1, 0.15) is 0 Å². The van der Waals surface area contributed by atoms with Crippen molar-refractivity contribution in [1.29, 1.82) is 0 Å². The molecule has 2 unspecified atom stereocenters. The van der Waals surface area contributed by atoms with E-state index in [0.717, 1.165) is 12.0 Å². The van der Waals surface area contributed by atoms with Gasteiger partial charge in [0, 0.05) is 25.3 Å². The third kappa shape index (κ3) is 4.54. The molecular formula is C21H26N2O4S. The molecule has 1 saturated heterocycles. The van der Waals surface area contributed by atoms with Crippen LogP contribution in [0.1, 0.15) is 36.2 Å². The van der Waals surface area contributed by atoms with E-state index in [1.807, 2.05) is 44.2 Å². The van der Waals surface area contributed by atoms with Gasteiger partial charge in [0.2, 0.25) is 10.0 Å². The normalized spacial score (nSPS) is 20.6. The number of rotatable bonds is 6. The lowest BCUT2D eigenvalue weighted by Crippen LogP contribution is -2.42. The summed E-state index contributed by atoms with van der Waals surface area (Å²) in [4.78, 5) is 11.8. The molecule has 1 aliphatic rings. The van der Waals surface area contributed by atoms with Gasteiger partial charge in [-0.2, -0.15) is 4.31 Å². The molecule has 0 aromatic heterocycles. The van der Waals surface area contributed by atoms with Crippen LogP contribution in [0.4, 0.5) is 5.69 Å². The molecule has 0 spiro atoms. The van der Waals surface area contributed by atoms with E-state index in [2.05, 4.69) is 5.32 Å². The molecule has 0 aliphatic carbocycles. The fraction of sp³-hybridized carbons (Fsp3) is 0.381. The van der Waals surface area contributed by atoms with Gasteiger partial charge in [0.25, 0.3) is 0 Å². The number of aromatic carboxylic acids is 1. The van der Waals surface area contributed by atoms with Gasteiger partial charge in [-0.1, -0.05) is 44.2 Å². The van der Waals surface area contributed by atoms with Crippen LogP contribution in [-0.4, -0.2) is 36.9 Å². The van der Waals surface area contributed by atoms with Gasteiger partial charge >= 0.3 is 5.97 Å². The summed E-state index contributed by atoms with van der Waals surface area (Å²) in [5.74, 6) is -0.596. The minimum absolute atomic E-state index is 0.0245. The number of nitrogens with zero attached hydrogens (tertiary/aromatic N) is 1. The highest BCUT2D eigenvalue weighted by molar-refractivity contribution is 7.89. The first kappa shape index (κ1) is 20.4. The second kappa shape index (κ2) is 8.32. The molecule has 2 aromatic rings. The standard InChI is InChI=1S/C21H26N2O4S/c1-15-10-16(2)14-23(13-15)28(26,27)18-8-9-20(19(11-18)21(24)25)22-12-17-6-4-3-5-7-17/h3-9,11,15-16,22H,10,12-14H2,1-2H3,(H,24,25). The lowest BCUT2D eigenvalue weighted by atomic mass is 9.94. The van der Waals surface area contributed by atoms with Crippen LogP contribution in [0.15, 0.2) is 53.4 Å². The molecular weight excluding hydrogens is 376 g/mol. The summed E-state index contributed by atoms with van der Waals surface area (Å²) in [5, 5.41) is 12.7. The molecule has 3 rings (SSSR count). The summed E-state index contributed by atoms with van der Waals surface area (Å²) in [6.45, 7) is 5.45. The molecule has 1 aliphatic heterocycles. The van der Waals surface area contributed by atoms with Crippen molar-refractivity contribution in [2.45, 2.75) is 31.7 Å². The number of benzene rings is 2. The van der Waals surface area contributed by atoms with E-state index in [-0.39, 0.29) is 22.3 Å². The summed E-state index contributed by atoms with van der Waals surface area (Å²) >= 11 is 0. The summed E-state index contributed by atoms with van der Waals surface area (Å²) in [7, 11) is -3.73. The van der Waals surface area contributed by atoms with Gasteiger partial charge < -0.3 is 10.4 Å². The van der Waals surface area contributed by atoms with Crippen molar-refractivity contribution < 1.29 is 18.3 Å². The zero-order valence-corrected chi connectivity index (χ0v) is 16.9. The van der Waals surface area contributed by atoms with Crippen molar-refractivity contribution in [2.24, 2.45) is 11.8 Å². The second-order valence-electron chi connectivity index (χ2n) is 7.62. The maximum Gasteiger partial charge on any atom is 0.337 e. The van der Waals surface area contributed by atoms with E-state index in [4.69, 9.17) is 0 Å². The third-order valence-corrected chi connectivity index (χ3v) is 6.85. The van der Waals surface area contributed by atoms with Gasteiger partial charge in [0.05, 0.1) is 10.5 Å². The first-order valence-corrected chi connectivity index (χ1v) is 10.9. The Hall–Kier alpha value is -2.38. The number of anilines is 1.